The number of rotatable bonds is 4. The molecule has 0 spiro atoms. The first-order valence-electron chi connectivity index (χ1n) is 5.55. The van der Waals surface area contributed by atoms with Crippen molar-refractivity contribution in [2.45, 2.75) is 33.2 Å². The molecule has 0 aromatic heterocycles. The van der Waals surface area contributed by atoms with Crippen LogP contribution >= 0.6 is 12.2 Å². The molecule has 1 rings (SSSR count). The van der Waals surface area contributed by atoms with Gasteiger partial charge in [-0.25, -0.2) is 0 Å². The number of carbonyl (C=O) groups is 1. The van der Waals surface area contributed by atoms with E-state index in [4.69, 9.17) is 18.0 Å². The van der Waals surface area contributed by atoms with E-state index in [2.05, 4.69) is 5.32 Å². The Labute approximate surface area is 107 Å². The lowest BCUT2D eigenvalue weighted by Crippen LogP contribution is -2.41. The summed E-state index contributed by atoms with van der Waals surface area (Å²) in [6.07, 6.45) is 0.362. The molecule has 0 radical (unpaired) electrons. The molecular weight excluding hydrogens is 232 g/mol. The predicted molar refractivity (Wildman–Crippen MR) is 74.0 cm³/mol. The predicted octanol–water partition coefficient (Wildman–Crippen LogP) is 1.64. The van der Waals surface area contributed by atoms with Crippen LogP contribution in [-0.4, -0.2) is 16.9 Å². The Balaban J connectivity index is 2.68. The summed E-state index contributed by atoms with van der Waals surface area (Å²) in [7, 11) is 0. The van der Waals surface area contributed by atoms with Gasteiger partial charge in [-0.1, -0.05) is 36.0 Å². The highest BCUT2D eigenvalue weighted by atomic mass is 32.1. The lowest BCUT2D eigenvalue weighted by Gasteiger charge is -2.13. The van der Waals surface area contributed by atoms with Crippen LogP contribution in [0.25, 0.3) is 0 Å². The molecule has 3 nitrogen and oxygen atoms in total. The summed E-state index contributed by atoms with van der Waals surface area (Å²) in [6, 6.07) is 5.83. The minimum Gasteiger partial charge on any atom is -0.392 e. The van der Waals surface area contributed by atoms with Gasteiger partial charge in [0.25, 0.3) is 0 Å². The van der Waals surface area contributed by atoms with Crippen molar-refractivity contribution in [2.24, 2.45) is 5.73 Å². The first-order valence-corrected chi connectivity index (χ1v) is 5.96. The highest BCUT2D eigenvalue weighted by Gasteiger charge is 2.11. The second-order valence-corrected chi connectivity index (χ2v) is 4.77. The van der Waals surface area contributed by atoms with Crippen LogP contribution in [0.3, 0.4) is 0 Å². The van der Waals surface area contributed by atoms with Crippen molar-refractivity contribution in [1.29, 1.82) is 0 Å². The van der Waals surface area contributed by atoms with E-state index in [1.165, 1.54) is 0 Å². The molecule has 17 heavy (non-hydrogen) atoms. The largest absolute Gasteiger partial charge is 0.392 e. The molecule has 0 aliphatic carbocycles. The van der Waals surface area contributed by atoms with E-state index in [1.807, 2.05) is 32.0 Å². The van der Waals surface area contributed by atoms with Crippen LogP contribution < -0.4 is 11.1 Å². The van der Waals surface area contributed by atoms with E-state index in [0.717, 1.165) is 16.7 Å². The van der Waals surface area contributed by atoms with Gasteiger partial charge in [-0.3, -0.25) is 4.79 Å². The summed E-state index contributed by atoms with van der Waals surface area (Å²) in [5.74, 6) is -0.0565. The van der Waals surface area contributed by atoms with E-state index in [9.17, 15) is 4.79 Å². The molecule has 1 aromatic rings. The van der Waals surface area contributed by atoms with E-state index in [-0.39, 0.29) is 11.9 Å². The fourth-order valence-corrected chi connectivity index (χ4v) is 1.59. The Morgan fingerprint density at radius 1 is 1.47 bits per heavy atom. The Hall–Kier alpha value is -1.42. The molecule has 92 valence electrons. The maximum Gasteiger partial charge on any atom is 0.224 e. The maximum atomic E-state index is 11.8. The smallest absolute Gasteiger partial charge is 0.224 e. The van der Waals surface area contributed by atoms with Gasteiger partial charge in [-0.2, -0.15) is 0 Å². The fraction of sp³-hybridized carbons (Fsp3) is 0.385. The van der Waals surface area contributed by atoms with Crippen molar-refractivity contribution in [1.82, 2.24) is 5.32 Å². The number of nitrogens with two attached hydrogens (primary N) is 1. The van der Waals surface area contributed by atoms with Crippen LogP contribution in [0.4, 0.5) is 0 Å². The Kier molecular flexibility index (Phi) is 4.63. The van der Waals surface area contributed by atoms with Gasteiger partial charge in [0, 0.05) is 0 Å². The molecule has 0 aliphatic heterocycles. The standard InChI is InChI=1S/C13H18N2OS/c1-8-4-5-9(2)11(6-8)7-12(16)15-10(3)13(14)17/h4-6,10H,7H2,1-3H3,(H2,14,17)(H,15,16). The van der Waals surface area contributed by atoms with Gasteiger partial charge in [0.1, 0.15) is 0 Å². The third-order valence-corrected chi connectivity index (χ3v) is 3.01. The van der Waals surface area contributed by atoms with E-state index in [0.29, 0.717) is 11.4 Å². The third-order valence-electron chi connectivity index (χ3n) is 2.66. The molecule has 1 unspecified atom stereocenters. The Bertz CT molecular complexity index is 443. The van der Waals surface area contributed by atoms with Crippen molar-refractivity contribution in [2.75, 3.05) is 0 Å². The van der Waals surface area contributed by atoms with E-state index < -0.39 is 0 Å². The van der Waals surface area contributed by atoms with Crippen LogP contribution in [0, 0.1) is 13.8 Å². The SMILES string of the molecule is Cc1ccc(C)c(CC(=O)NC(C)C(N)=S)c1. The highest BCUT2D eigenvalue weighted by Crippen LogP contribution is 2.11. The zero-order valence-corrected chi connectivity index (χ0v) is 11.2. The minimum absolute atomic E-state index is 0.0565. The number of nitrogens with one attached hydrogen (secondary N) is 1. The second kappa shape index (κ2) is 5.77. The van der Waals surface area contributed by atoms with Crippen molar-refractivity contribution in [3.8, 4) is 0 Å². The van der Waals surface area contributed by atoms with Crippen LogP contribution in [-0.2, 0) is 11.2 Å². The number of hydrogen-bond acceptors (Lipinski definition) is 2. The number of hydrogen-bond donors (Lipinski definition) is 2. The lowest BCUT2D eigenvalue weighted by atomic mass is 10.0. The molecule has 1 atom stereocenters. The van der Waals surface area contributed by atoms with Gasteiger partial charge >= 0.3 is 0 Å². The number of amides is 1. The summed E-state index contributed by atoms with van der Waals surface area (Å²) in [5, 5.41) is 2.77. The molecule has 4 heteroatoms. The normalized spacial score (nSPS) is 11.9. The van der Waals surface area contributed by atoms with Crippen molar-refractivity contribution < 1.29 is 4.79 Å². The topological polar surface area (TPSA) is 55.1 Å². The van der Waals surface area contributed by atoms with Crippen LogP contribution in [0.5, 0.6) is 0 Å². The van der Waals surface area contributed by atoms with Crippen LogP contribution in [0.2, 0.25) is 0 Å². The maximum absolute atomic E-state index is 11.8. The van der Waals surface area contributed by atoms with Gasteiger partial charge in [0.2, 0.25) is 5.91 Å². The molecule has 1 aromatic carbocycles. The van der Waals surface area contributed by atoms with Gasteiger partial charge in [0.15, 0.2) is 0 Å². The highest BCUT2D eigenvalue weighted by molar-refractivity contribution is 7.80. The van der Waals surface area contributed by atoms with Crippen molar-refractivity contribution in [3.63, 3.8) is 0 Å². The number of thiocarbonyl (C=S) groups is 1. The minimum atomic E-state index is -0.261. The molecule has 0 aliphatic rings. The first-order chi connectivity index (χ1) is 7.90. The summed E-state index contributed by atoms with van der Waals surface area (Å²) in [4.78, 5) is 12.1. The zero-order valence-electron chi connectivity index (χ0n) is 10.4. The Morgan fingerprint density at radius 3 is 2.71 bits per heavy atom. The molecule has 0 saturated heterocycles. The Morgan fingerprint density at radius 2 is 2.12 bits per heavy atom. The molecule has 0 saturated carbocycles. The molecule has 0 heterocycles. The monoisotopic (exact) mass is 250 g/mol. The van der Waals surface area contributed by atoms with E-state index >= 15 is 0 Å². The second-order valence-electron chi connectivity index (χ2n) is 4.30. The van der Waals surface area contributed by atoms with Gasteiger partial charge < -0.3 is 11.1 Å². The van der Waals surface area contributed by atoms with Gasteiger partial charge in [0.05, 0.1) is 17.5 Å². The lowest BCUT2D eigenvalue weighted by molar-refractivity contribution is -0.120. The quantitative estimate of drug-likeness (QED) is 0.799. The number of carbonyl (C=O) groups excluding carboxylic acids is 1. The summed E-state index contributed by atoms with van der Waals surface area (Å²) in [5.41, 5.74) is 8.76. The van der Waals surface area contributed by atoms with Gasteiger partial charge in [-0.15, -0.1) is 0 Å². The molecule has 0 bridgehead atoms. The zero-order chi connectivity index (χ0) is 13.0. The summed E-state index contributed by atoms with van der Waals surface area (Å²) >= 11 is 4.81. The summed E-state index contributed by atoms with van der Waals surface area (Å²) < 4.78 is 0. The summed E-state index contributed by atoms with van der Waals surface area (Å²) in [6.45, 7) is 5.79. The van der Waals surface area contributed by atoms with Crippen molar-refractivity contribution >= 4 is 23.1 Å². The van der Waals surface area contributed by atoms with Crippen LogP contribution in [0.15, 0.2) is 18.2 Å². The van der Waals surface area contributed by atoms with Gasteiger partial charge in [-0.05, 0) is 31.9 Å². The fourth-order valence-electron chi connectivity index (χ4n) is 1.53. The first kappa shape index (κ1) is 13.6. The molecular formula is C13H18N2OS. The third kappa shape index (κ3) is 4.15. The van der Waals surface area contributed by atoms with Crippen LogP contribution in [0.1, 0.15) is 23.6 Å². The number of benzene rings is 1. The molecule has 1 amide bonds. The number of aryl methyl sites for hydroxylation is 2. The molecule has 0 fully saturated rings. The average Bonchev–Trinajstić information content (AvgIpc) is 2.23. The average molecular weight is 250 g/mol. The van der Waals surface area contributed by atoms with E-state index in [1.54, 1.807) is 6.92 Å². The van der Waals surface area contributed by atoms with Crippen molar-refractivity contribution in [3.05, 3.63) is 34.9 Å². The molecule has 3 N–H and O–H groups in total.